The standard InChI is InChI=1S/C13H11BrClNO3S/c14-10-6-20-13(16-10)11(17)7-4-8(15)12-9(5-7)18-2-1-3-19-12/h4-6,11,17H,1-3H2. The number of benzene rings is 1. The Bertz CT molecular complexity index is 634. The van der Waals surface area contributed by atoms with Gasteiger partial charge in [0.15, 0.2) is 11.5 Å². The molecule has 0 bridgehead atoms. The lowest BCUT2D eigenvalue weighted by Crippen LogP contribution is -2.01. The zero-order valence-electron chi connectivity index (χ0n) is 10.3. The number of hydrogen-bond donors (Lipinski definition) is 1. The highest BCUT2D eigenvalue weighted by Crippen LogP contribution is 2.40. The second-order valence-electron chi connectivity index (χ2n) is 4.29. The van der Waals surface area contributed by atoms with Crippen molar-refractivity contribution in [2.45, 2.75) is 12.5 Å². The number of ether oxygens (including phenoxy) is 2. The largest absolute Gasteiger partial charge is 0.489 e. The number of hydrogen-bond acceptors (Lipinski definition) is 5. The number of fused-ring (bicyclic) bond motifs is 1. The first kappa shape index (κ1) is 14.1. The Morgan fingerprint density at radius 1 is 1.35 bits per heavy atom. The summed E-state index contributed by atoms with van der Waals surface area (Å²) in [6, 6.07) is 3.45. The summed E-state index contributed by atoms with van der Waals surface area (Å²) in [5, 5.41) is 13.2. The Labute approximate surface area is 133 Å². The van der Waals surface area contributed by atoms with Crippen LogP contribution in [0.25, 0.3) is 0 Å². The Morgan fingerprint density at radius 2 is 2.15 bits per heavy atom. The van der Waals surface area contributed by atoms with Gasteiger partial charge in [0.2, 0.25) is 0 Å². The summed E-state index contributed by atoms with van der Waals surface area (Å²) in [6.07, 6.45) is -0.0246. The molecule has 3 rings (SSSR count). The molecule has 0 fully saturated rings. The van der Waals surface area contributed by atoms with Crippen molar-refractivity contribution in [3.63, 3.8) is 0 Å². The van der Waals surface area contributed by atoms with Crippen molar-refractivity contribution >= 4 is 38.9 Å². The maximum atomic E-state index is 10.4. The second-order valence-corrected chi connectivity index (χ2v) is 6.40. The third-order valence-corrected chi connectivity index (χ3v) is 4.76. The minimum atomic E-state index is -0.832. The summed E-state index contributed by atoms with van der Waals surface area (Å²) >= 11 is 10.9. The van der Waals surface area contributed by atoms with Crippen molar-refractivity contribution in [2.75, 3.05) is 13.2 Å². The Kier molecular flexibility index (Phi) is 4.16. The van der Waals surface area contributed by atoms with Crippen LogP contribution >= 0.6 is 38.9 Å². The van der Waals surface area contributed by atoms with E-state index in [1.807, 2.05) is 5.38 Å². The highest BCUT2D eigenvalue weighted by Gasteiger charge is 2.21. The molecule has 0 amide bonds. The minimum Gasteiger partial charge on any atom is -0.489 e. The topological polar surface area (TPSA) is 51.6 Å². The fourth-order valence-corrected chi connectivity index (χ4v) is 3.49. The van der Waals surface area contributed by atoms with Crippen LogP contribution in [0.2, 0.25) is 5.02 Å². The molecule has 0 saturated heterocycles. The highest BCUT2D eigenvalue weighted by atomic mass is 79.9. The van der Waals surface area contributed by atoms with E-state index in [9.17, 15) is 5.11 Å². The van der Waals surface area contributed by atoms with Gasteiger partial charge in [-0.05, 0) is 33.6 Å². The first-order chi connectivity index (χ1) is 9.65. The number of rotatable bonds is 2. The van der Waals surface area contributed by atoms with Crippen LogP contribution in [0.5, 0.6) is 11.5 Å². The van der Waals surface area contributed by atoms with Gasteiger partial charge < -0.3 is 14.6 Å². The number of nitrogens with zero attached hydrogens (tertiary/aromatic N) is 1. The van der Waals surface area contributed by atoms with E-state index in [4.69, 9.17) is 21.1 Å². The summed E-state index contributed by atoms with van der Waals surface area (Å²) in [5.41, 5.74) is 0.640. The average molecular weight is 377 g/mol. The van der Waals surface area contributed by atoms with Crippen molar-refractivity contribution in [1.29, 1.82) is 0 Å². The maximum absolute atomic E-state index is 10.4. The van der Waals surface area contributed by atoms with Crippen LogP contribution in [0, 0.1) is 0 Å². The van der Waals surface area contributed by atoms with Crippen LogP contribution < -0.4 is 9.47 Å². The molecule has 2 heterocycles. The van der Waals surface area contributed by atoms with Crippen molar-refractivity contribution in [3.05, 3.63) is 37.7 Å². The molecule has 1 unspecified atom stereocenters. The van der Waals surface area contributed by atoms with Crippen LogP contribution in [-0.2, 0) is 0 Å². The molecule has 1 aromatic heterocycles. The number of thiazole rings is 1. The third-order valence-electron chi connectivity index (χ3n) is 2.87. The summed E-state index contributed by atoms with van der Waals surface area (Å²) < 4.78 is 11.9. The van der Waals surface area contributed by atoms with Gasteiger partial charge in [-0.3, -0.25) is 0 Å². The van der Waals surface area contributed by atoms with Crippen LogP contribution in [0.15, 0.2) is 22.1 Å². The first-order valence-corrected chi connectivity index (χ1v) is 8.08. The van der Waals surface area contributed by atoms with Crippen molar-refractivity contribution in [2.24, 2.45) is 0 Å². The van der Waals surface area contributed by atoms with E-state index in [-0.39, 0.29) is 0 Å². The van der Waals surface area contributed by atoms with Gasteiger partial charge in [-0.1, -0.05) is 11.6 Å². The van der Waals surface area contributed by atoms with Gasteiger partial charge in [0.1, 0.15) is 15.7 Å². The Hall–Kier alpha value is -0.820. The molecule has 20 heavy (non-hydrogen) atoms. The molecule has 2 aromatic rings. The zero-order chi connectivity index (χ0) is 14.1. The SMILES string of the molecule is OC(c1cc(Cl)c2c(c1)OCCCO2)c1nc(Br)cs1. The summed E-state index contributed by atoms with van der Waals surface area (Å²) in [7, 11) is 0. The number of aliphatic hydroxyl groups excluding tert-OH is 1. The quantitative estimate of drug-likeness (QED) is 0.866. The van der Waals surface area contributed by atoms with E-state index in [2.05, 4.69) is 20.9 Å². The molecular formula is C13H11BrClNO3S. The van der Waals surface area contributed by atoms with Crippen LogP contribution in [0.4, 0.5) is 0 Å². The van der Waals surface area contributed by atoms with Gasteiger partial charge in [0, 0.05) is 11.8 Å². The number of aromatic nitrogens is 1. The summed E-state index contributed by atoms with van der Waals surface area (Å²) in [6.45, 7) is 1.15. The molecule has 0 aliphatic carbocycles. The van der Waals surface area contributed by atoms with Gasteiger partial charge in [-0.2, -0.15) is 0 Å². The first-order valence-electron chi connectivity index (χ1n) is 6.03. The molecule has 1 aliphatic heterocycles. The fourth-order valence-electron chi connectivity index (χ4n) is 1.94. The van der Waals surface area contributed by atoms with Gasteiger partial charge >= 0.3 is 0 Å². The van der Waals surface area contributed by atoms with Crippen molar-refractivity contribution in [3.8, 4) is 11.5 Å². The maximum Gasteiger partial charge on any atom is 0.179 e. The van der Waals surface area contributed by atoms with Gasteiger partial charge in [-0.15, -0.1) is 11.3 Å². The van der Waals surface area contributed by atoms with Crippen LogP contribution in [0.1, 0.15) is 23.1 Å². The smallest absolute Gasteiger partial charge is 0.179 e. The molecule has 1 N–H and O–H groups in total. The highest BCUT2D eigenvalue weighted by molar-refractivity contribution is 9.10. The lowest BCUT2D eigenvalue weighted by Gasteiger charge is -2.14. The Balaban J connectivity index is 1.98. The van der Waals surface area contributed by atoms with E-state index < -0.39 is 6.10 Å². The molecule has 0 radical (unpaired) electrons. The van der Waals surface area contributed by atoms with E-state index in [0.717, 1.165) is 6.42 Å². The molecular weight excluding hydrogens is 366 g/mol. The monoisotopic (exact) mass is 375 g/mol. The predicted molar refractivity (Wildman–Crippen MR) is 80.9 cm³/mol. The predicted octanol–water partition coefficient (Wildman–Crippen LogP) is 3.80. The molecule has 4 nitrogen and oxygen atoms in total. The fraction of sp³-hybridized carbons (Fsp3) is 0.308. The minimum absolute atomic E-state index is 0.439. The van der Waals surface area contributed by atoms with Crippen LogP contribution in [-0.4, -0.2) is 23.3 Å². The molecule has 1 aromatic carbocycles. The van der Waals surface area contributed by atoms with E-state index in [1.54, 1.807) is 12.1 Å². The third kappa shape index (κ3) is 2.79. The Morgan fingerprint density at radius 3 is 2.90 bits per heavy atom. The molecule has 7 heteroatoms. The van der Waals surface area contributed by atoms with Crippen molar-refractivity contribution in [1.82, 2.24) is 4.98 Å². The van der Waals surface area contributed by atoms with E-state index in [1.165, 1.54) is 11.3 Å². The van der Waals surface area contributed by atoms with Gasteiger partial charge in [0.05, 0.1) is 18.2 Å². The molecule has 0 spiro atoms. The van der Waals surface area contributed by atoms with Gasteiger partial charge in [-0.25, -0.2) is 4.98 Å². The molecule has 0 saturated carbocycles. The zero-order valence-corrected chi connectivity index (χ0v) is 13.5. The van der Waals surface area contributed by atoms with Gasteiger partial charge in [0.25, 0.3) is 0 Å². The van der Waals surface area contributed by atoms with E-state index >= 15 is 0 Å². The average Bonchev–Trinajstić information content (AvgIpc) is 2.72. The van der Waals surface area contributed by atoms with Crippen molar-refractivity contribution < 1.29 is 14.6 Å². The second kappa shape index (κ2) is 5.89. The lowest BCUT2D eigenvalue weighted by atomic mass is 10.1. The lowest BCUT2D eigenvalue weighted by molar-refractivity contribution is 0.218. The molecule has 106 valence electrons. The van der Waals surface area contributed by atoms with E-state index in [0.29, 0.717) is 44.9 Å². The molecule has 1 aliphatic rings. The number of aliphatic hydroxyl groups is 1. The van der Waals surface area contributed by atoms with Crippen LogP contribution in [0.3, 0.4) is 0 Å². The summed E-state index contributed by atoms with van der Waals surface area (Å²) in [5.74, 6) is 1.11. The number of halogens is 2. The molecule has 1 atom stereocenters. The normalized spacial score (nSPS) is 15.8. The summed E-state index contributed by atoms with van der Waals surface area (Å²) in [4.78, 5) is 4.22.